The van der Waals surface area contributed by atoms with E-state index in [1.165, 1.54) is 11.6 Å². The molecule has 1 aromatic rings. The van der Waals surface area contributed by atoms with Gasteiger partial charge in [-0.25, -0.2) is 4.39 Å². The topological polar surface area (TPSA) is 27.6 Å². The van der Waals surface area contributed by atoms with Crippen LogP contribution in [0.2, 0.25) is 0 Å². The summed E-state index contributed by atoms with van der Waals surface area (Å²) < 4.78 is 13.8. The number of nitrogens with zero attached hydrogens (tertiary/aromatic N) is 2. The molecule has 1 aliphatic heterocycles. The van der Waals surface area contributed by atoms with E-state index in [1.54, 1.807) is 0 Å². The predicted molar refractivity (Wildman–Crippen MR) is 93.3 cm³/mol. The zero-order chi connectivity index (χ0) is 13.4. The van der Waals surface area contributed by atoms with Crippen LogP contribution in [0, 0.1) is 5.82 Å². The van der Waals surface area contributed by atoms with Gasteiger partial charge in [0.1, 0.15) is 5.82 Å². The molecule has 0 unspecified atom stereocenters. The first-order chi connectivity index (χ1) is 9.13. The first-order valence-corrected chi connectivity index (χ1v) is 7.40. The third kappa shape index (κ3) is 3.27. The Morgan fingerprint density at radius 2 is 2.15 bits per heavy atom. The van der Waals surface area contributed by atoms with Crippen LogP contribution in [0.1, 0.15) is 24.3 Å². The highest BCUT2D eigenvalue weighted by Crippen LogP contribution is 2.38. The van der Waals surface area contributed by atoms with E-state index in [0.717, 1.165) is 31.9 Å². The lowest BCUT2D eigenvalue weighted by Gasteiger charge is -2.37. The average Bonchev–Trinajstić information content (AvgIpc) is 2.73. The Balaban J connectivity index is 0.00000147. The van der Waals surface area contributed by atoms with Gasteiger partial charge in [0.15, 0.2) is 5.96 Å². The Morgan fingerprint density at radius 3 is 2.75 bits per heavy atom. The molecular formula is C14H18BrFIN3. The molecule has 0 saturated heterocycles. The molecule has 6 heteroatoms. The summed E-state index contributed by atoms with van der Waals surface area (Å²) >= 11 is 3.25. The third-order valence-corrected chi connectivity index (χ3v) is 4.55. The molecular weight excluding hydrogens is 436 g/mol. The van der Waals surface area contributed by atoms with E-state index in [9.17, 15) is 4.39 Å². The lowest BCUT2D eigenvalue weighted by molar-refractivity contribution is 0.315. The van der Waals surface area contributed by atoms with E-state index < -0.39 is 0 Å². The van der Waals surface area contributed by atoms with Gasteiger partial charge in [-0.3, -0.25) is 4.99 Å². The normalized spacial score (nSPS) is 24.8. The largest absolute Gasteiger partial charge is 0.353 e. The molecule has 1 N–H and O–H groups in total. The highest BCUT2D eigenvalue weighted by molar-refractivity contribution is 14.0. The summed E-state index contributed by atoms with van der Waals surface area (Å²) in [4.78, 5) is 6.59. The Labute approximate surface area is 144 Å². The molecule has 2 aliphatic rings. The summed E-state index contributed by atoms with van der Waals surface area (Å²) in [6.45, 7) is 1.89. The molecule has 0 atom stereocenters. The SMILES string of the molecule is CN1CCN=C1NC1CC(c2ccc(F)c(Br)c2)C1.I. The van der Waals surface area contributed by atoms with Gasteiger partial charge in [-0.15, -0.1) is 24.0 Å². The van der Waals surface area contributed by atoms with E-state index in [0.29, 0.717) is 16.4 Å². The van der Waals surface area contributed by atoms with Crippen molar-refractivity contribution in [1.82, 2.24) is 10.2 Å². The highest BCUT2D eigenvalue weighted by atomic mass is 127. The Morgan fingerprint density at radius 1 is 1.40 bits per heavy atom. The summed E-state index contributed by atoms with van der Waals surface area (Å²) in [5.41, 5.74) is 1.22. The van der Waals surface area contributed by atoms with Gasteiger partial charge < -0.3 is 10.2 Å². The van der Waals surface area contributed by atoms with E-state index in [1.807, 2.05) is 12.1 Å². The van der Waals surface area contributed by atoms with Crippen LogP contribution in [-0.4, -0.2) is 37.0 Å². The maximum atomic E-state index is 13.2. The van der Waals surface area contributed by atoms with Crippen LogP contribution in [0.15, 0.2) is 27.7 Å². The summed E-state index contributed by atoms with van der Waals surface area (Å²) in [5.74, 6) is 1.35. The summed E-state index contributed by atoms with van der Waals surface area (Å²) in [6.07, 6.45) is 2.18. The molecule has 110 valence electrons. The van der Waals surface area contributed by atoms with Crippen LogP contribution < -0.4 is 5.32 Å². The summed E-state index contributed by atoms with van der Waals surface area (Å²) in [5, 5.41) is 3.48. The van der Waals surface area contributed by atoms with Crippen molar-refractivity contribution >= 4 is 45.9 Å². The van der Waals surface area contributed by atoms with Crippen LogP contribution in [0.25, 0.3) is 0 Å². The van der Waals surface area contributed by atoms with Crippen molar-refractivity contribution in [1.29, 1.82) is 0 Å². The van der Waals surface area contributed by atoms with Gasteiger partial charge in [0, 0.05) is 19.6 Å². The molecule has 1 saturated carbocycles. The van der Waals surface area contributed by atoms with Gasteiger partial charge in [0.05, 0.1) is 11.0 Å². The second-order valence-corrected chi connectivity index (χ2v) is 6.16. The fourth-order valence-electron chi connectivity index (χ4n) is 2.65. The number of nitrogens with one attached hydrogen (secondary N) is 1. The molecule has 0 spiro atoms. The number of hydrogen-bond donors (Lipinski definition) is 1. The van der Waals surface area contributed by atoms with Crippen molar-refractivity contribution in [2.45, 2.75) is 24.8 Å². The van der Waals surface area contributed by atoms with Crippen LogP contribution >= 0.6 is 39.9 Å². The summed E-state index contributed by atoms with van der Waals surface area (Å²) in [6, 6.07) is 5.82. The molecule has 0 aromatic heterocycles. The zero-order valence-electron chi connectivity index (χ0n) is 11.3. The number of benzene rings is 1. The molecule has 1 aromatic carbocycles. The molecule has 1 fully saturated rings. The van der Waals surface area contributed by atoms with Crippen LogP contribution in [0.5, 0.6) is 0 Å². The number of guanidine groups is 1. The van der Waals surface area contributed by atoms with Crippen molar-refractivity contribution < 1.29 is 4.39 Å². The minimum Gasteiger partial charge on any atom is -0.353 e. The van der Waals surface area contributed by atoms with Gasteiger partial charge in [0.25, 0.3) is 0 Å². The predicted octanol–water partition coefficient (Wildman–Crippen LogP) is 3.34. The molecule has 3 nitrogen and oxygen atoms in total. The number of likely N-dealkylation sites (N-methyl/N-ethyl adjacent to an activating group) is 1. The van der Waals surface area contributed by atoms with Gasteiger partial charge >= 0.3 is 0 Å². The van der Waals surface area contributed by atoms with E-state index in [-0.39, 0.29) is 29.8 Å². The number of rotatable bonds is 2. The average molecular weight is 454 g/mol. The van der Waals surface area contributed by atoms with Gasteiger partial charge in [-0.2, -0.15) is 0 Å². The molecule has 1 heterocycles. The molecule has 1 aliphatic carbocycles. The standard InChI is InChI=1S/C14H17BrFN3.HI/c1-19-5-4-17-14(19)18-11-6-10(7-11)9-2-3-13(16)12(15)8-9;/h2-3,8,10-11H,4-7H2,1H3,(H,17,18);1H. The van der Waals surface area contributed by atoms with E-state index in [2.05, 4.69) is 38.2 Å². The van der Waals surface area contributed by atoms with E-state index in [4.69, 9.17) is 0 Å². The second-order valence-electron chi connectivity index (χ2n) is 5.31. The lowest BCUT2D eigenvalue weighted by Crippen LogP contribution is -2.47. The number of hydrogen-bond acceptors (Lipinski definition) is 3. The Hall–Kier alpha value is -0.370. The van der Waals surface area contributed by atoms with Crippen LogP contribution in [0.4, 0.5) is 4.39 Å². The minimum atomic E-state index is -0.195. The van der Waals surface area contributed by atoms with Crippen molar-refractivity contribution in [3.05, 3.63) is 34.1 Å². The molecule has 0 amide bonds. The fourth-order valence-corrected chi connectivity index (χ4v) is 3.04. The Bertz CT molecular complexity index is 517. The first-order valence-electron chi connectivity index (χ1n) is 6.60. The fraction of sp³-hybridized carbons (Fsp3) is 0.500. The van der Waals surface area contributed by atoms with E-state index >= 15 is 0 Å². The molecule has 20 heavy (non-hydrogen) atoms. The number of halogens is 3. The van der Waals surface area contributed by atoms with Crippen LogP contribution in [-0.2, 0) is 0 Å². The maximum absolute atomic E-state index is 13.2. The zero-order valence-corrected chi connectivity index (χ0v) is 15.2. The molecule has 3 rings (SSSR count). The number of aliphatic imine (C=N–C) groups is 1. The van der Waals surface area contributed by atoms with Gasteiger partial charge in [0.2, 0.25) is 0 Å². The van der Waals surface area contributed by atoms with Crippen molar-refractivity contribution in [3.8, 4) is 0 Å². The highest BCUT2D eigenvalue weighted by Gasteiger charge is 2.32. The van der Waals surface area contributed by atoms with Crippen molar-refractivity contribution in [3.63, 3.8) is 0 Å². The quantitative estimate of drug-likeness (QED) is 0.695. The smallest absolute Gasteiger partial charge is 0.194 e. The molecule has 0 bridgehead atoms. The van der Waals surface area contributed by atoms with Crippen molar-refractivity contribution in [2.75, 3.05) is 20.1 Å². The first kappa shape index (κ1) is 16.0. The van der Waals surface area contributed by atoms with Crippen LogP contribution in [0.3, 0.4) is 0 Å². The summed E-state index contributed by atoms with van der Waals surface area (Å²) in [7, 11) is 2.06. The third-order valence-electron chi connectivity index (χ3n) is 3.94. The van der Waals surface area contributed by atoms with Gasteiger partial charge in [-0.05, 0) is 52.4 Å². The maximum Gasteiger partial charge on any atom is 0.194 e. The molecule has 0 radical (unpaired) electrons. The lowest BCUT2D eigenvalue weighted by atomic mass is 9.76. The minimum absolute atomic E-state index is 0. The van der Waals surface area contributed by atoms with Gasteiger partial charge in [-0.1, -0.05) is 6.07 Å². The monoisotopic (exact) mass is 453 g/mol. The second kappa shape index (κ2) is 6.60. The van der Waals surface area contributed by atoms with Crippen molar-refractivity contribution in [2.24, 2.45) is 4.99 Å². The Kier molecular flexibility index (Phi) is 5.28.